The molecule has 0 rings (SSSR count). The van der Waals surface area contributed by atoms with Crippen molar-refractivity contribution < 1.29 is 19.8 Å². The molecule has 0 bridgehead atoms. The zero-order valence-electron chi connectivity index (χ0n) is 12.4. The summed E-state index contributed by atoms with van der Waals surface area (Å²) in [6.45, 7) is 3.54. The van der Waals surface area contributed by atoms with Crippen LogP contribution in [-0.4, -0.2) is 22.2 Å². The maximum Gasteiger partial charge on any atom is 0.310 e. The quantitative estimate of drug-likeness (QED) is 0.369. The molecule has 0 spiro atoms. The van der Waals surface area contributed by atoms with Crippen LogP contribution in [0.25, 0.3) is 0 Å². The summed E-state index contributed by atoms with van der Waals surface area (Å²) in [4.78, 5) is 21.1. The van der Waals surface area contributed by atoms with E-state index < -0.39 is 17.9 Å². The second kappa shape index (κ2) is 12.7. The summed E-state index contributed by atoms with van der Waals surface area (Å²) in [7, 11) is 0. The normalized spacial score (nSPS) is 12.0. The summed E-state index contributed by atoms with van der Waals surface area (Å²) in [5, 5.41) is 17.3. The van der Waals surface area contributed by atoms with Gasteiger partial charge in [-0.1, -0.05) is 57.4 Å². The first-order valence-corrected chi connectivity index (χ1v) is 7.65. The lowest BCUT2D eigenvalue weighted by Crippen LogP contribution is -2.10. The molecule has 0 heterocycles. The molecule has 4 heteroatoms. The van der Waals surface area contributed by atoms with Gasteiger partial charge in [-0.2, -0.15) is 0 Å². The molecule has 0 saturated heterocycles. The Balaban J connectivity index is 3.22. The maximum absolute atomic E-state index is 10.8. The molecule has 0 fully saturated rings. The fourth-order valence-electron chi connectivity index (χ4n) is 2.22. The summed E-state index contributed by atoms with van der Waals surface area (Å²) >= 11 is 0. The third-order valence-corrected chi connectivity index (χ3v) is 3.51. The molecule has 4 nitrogen and oxygen atoms in total. The third kappa shape index (κ3) is 11.8. The number of unbranched alkanes of at least 4 members (excludes halogenated alkanes) is 8. The van der Waals surface area contributed by atoms with E-state index in [9.17, 15) is 9.59 Å². The van der Waals surface area contributed by atoms with Crippen molar-refractivity contribution in [2.24, 2.45) is 5.92 Å². The van der Waals surface area contributed by atoms with Crippen molar-refractivity contribution in [3.63, 3.8) is 0 Å². The SMILES string of the molecule is C=CC(CCCCCCCCCCCC(=O)O)C(=O)O. The Labute approximate surface area is 121 Å². The molecule has 0 amide bonds. The van der Waals surface area contributed by atoms with Crippen molar-refractivity contribution >= 4 is 11.9 Å². The first-order chi connectivity index (χ1) is 9.57. The summed E-state index contributed by atoms with van der Waals surface area (Å²) in [6, 6.07) is 0. The molecule has 1 atom stereocenters. The maximum atomic E-state index is 10.8. The van der Waals surface area contributed by atoms with Crippen molar-refractivity contribution in [2.45, 2.75) is 70.6 Å². The number of rotatable bonds is 14. The summed E-state index contributed by atoms with van der Waals surface area (Å²) in [6.07, 6.45) is 12.1. The number of carboxylic acid groups (broad SMARTS) is 2. The molecule has 0 aromatic carbocycles. The molecule has 0 radical (unpaired) electrons. The highest BCUT2D eigenvalue weighted by Gasteiger charge is 2.11. The Morgan fingerprint density at radius 2 is 1.30 bits per heavy atom. The average molecular weight is 284 g/mol. The van der Waals surface area contributed by atoms with Crippen LogP contribution in [0.1, 0.15) is 70.6 Å². The molecule has 0 aliphatic carbocycles. The van der Waals surface area contributed by atoms with E-state index in [1.165, 1.54) is 25.3 Å². The van der Waals surface area contributed by atoms with Crippen LogP contribution in [0.2, 0.25) is 0 Å². The molecule has 0 saturated carbocycles. The first-order valence-electron chi connectivity index (χ1n) is 7.65. The summed E-state index contributed by atoms with van der Waals surface area (Å²) in [5.74, 6) is -1.88. The highest BCUT2D eigenvalue weighted by Crippen LogP contribution is 2.14. The van der Waals surface area contributed by atoms with Crippen LogP contribution in [0.5, 0.6) is 0 Å². The second-order valence-corrected chi connectivity index (χ2v) is 5.29. The van der Waals surface area contributed by atoms with E-state index >= 15 is 0 Å². The second-order valence-electron chi connectivity index (χ2n) is 5.29. The Bertz CT molecular complexity index is 286. The molecule has 0 aromatic rings. The van der Waals surface area contributed by atoms with Gasteiger partial charge in [-0.3, -0.25) is 9.59 Å². The van der Waals surface area contributed by atoms with Crippen LogP contribution in [0.3, 0.4) is 0 Å². The lowest BCUT2D eigenvalue weighted by atomic mass is 10.00. The summed E-state index contributed by atoms with van der Waals surface area (Å²) in [5.41, 5.74) is 0. The zero-order chi connectivity index (χ0) is 15.2. The lowest BCUT2D eigenvalue weighted by Gasteiger charge is -2.06. The van der Waals surface area contributed by atoms with Gasteiger partial charge in [-0.15, -0.1) is 6.58 Å². The van der Waals surface area contributed by atoms with Gasteiger partial charge >= 0.3 is 11.9 Å². The van der Waals surface area contributed by atoms with Gasteiger partial charge < -0.3 is 10.2 Å². The first kappa shape index (κ1) is 18.7. The van der Waals surface area contributed by atoms with Crippen LogP contribution >= 0.6 is 0 Å². The molecule has 2 N–H and O–H groups in total. The molecular formula is C16H28O4. The van der Waals surface area contributed by atoms with E-state index in [-0.39, 0.29) is 6.42 Å². The monoisotopic (exact) mass is 284 g/mol. The molecule has 0 aliphatic rings. The summed E-state index contributed by atoms with van der Waals surface area (Å²) < 4.78 is 0. The number of hydrogen-bond acceptors (Lipinski definition) is 2. The van der Waals surface area contributed by atoms with Crippen molar-refractivity contribution in [2.75, 3.05) is 0 Å². The number of carboxylic acids is 2. The van der Waals surface area contributed by atoms with Gasteiger partial charge in [0.15, 0.2) is 0 Å². The Morgan fingerprint density at radius 1 is 0.850 bits per heavy atom. The van der Waals surface area contributed by atoms with Crippen molar-refractivity contribution in [1.82, 2.24) is 0 Å². The number of hydrogen-bond donors (Lipinski definition) is 2. The van der Waals surface area contributed by atoms with Crippen molar-refractivity contribution in [1.29, 1.82) is 0 Å². The van der Waals surface area contributed by atoms with E-state index in [0.29, 0.717) is 6.42 Å². The predicted molar refractivity (Wildman–Crippen MR) is 79.7 cm³/mol. The van der Waals surface area contributed by atoms with Gasteiger partial charge in [0.05, 0.1) is 5.92 Å². The van der Waals surface area contributed by atoms with Crippen LogP contribution in [0.4, 0.5) is 0 Å². The van der Waals surface area contributed by atoms with Gasteiger partial charge in [-0.25, -0.2) is 0 Å². The van der Waals surface area contributed by atoms with E-state index in [4.69, 9.17) is 10.2 Å². The minimum absolute atomic E-state index is 0.286. The molecule has 0 aromatic heterocycles. The molecular weight excluding hydrogens is 256 g/mol. The average Bonchev–Trinajstić information content (AvgIpc) is 2.39. The molecule has 0 aliphatic heterocycles. The van der Waals surface area contributed by atoms with Crippen LogP contribution in [-0.2, 0) is 9.59 Å². The van der Waals surface area contributed by atoms with E-state index in [2.05, 4.69) is 6.58 Å². The fourth-order valence-corrected chi connectivity index (χ4v) is 2.22. The van der Waals surface area contributed by atoms with E-state index in [1.807, 2.05) is 0 Å². The molecule has 116 valence electrons. The smallest absolute Gasteiger partial charge is 0.310 e. The zero-order valence-corrected chi connectivity index (χ0v) is 12.4. The van der Waals surface area contributed by atoms with Crippen LogP contribution in [0.15, 0.2) is 12.7 Å². The van der Waals surface area contributed by atoms with Gasteiger partial charge in [0.2, 0.25) is 0 Å². The number of carbonyl (C=O) groups is 2. The highest BCUT2D eigenvalue weighted by atomic mass is 16.4. The van der Waals surface area contributed by atoms with Gasteiger partial charge in [-0.05, 0) is 12.8 Å². The lowest BCUT2D eigenvalue weighted by molar-refractivity contribution is -0.140. The van der Waals surface area contributed by atoms with E-state index in [1.54, 1.807) is 0 Å². The van der Waals surface area contributed by atoms with Gasteiger partial charge in [0.25, 0.3) is 0 Å². The van der Waals surface area contributed by atoms with Crippen LogP contribution in [0, 0.1) is 5.92 Å². The van der Waals surface area contributed by atoms with Gasteiger partial charge in [0, 0.05) is 6.42 Å². The largest absolute Gasteiger partial charge is 0.481 e. The minimum Gasteiger partial charge on any atom is -0.481 e. The topological polar surface area (TPSA) is 74.6 Å². The Kier molecular flexibility index (Phi) is 11.9. The third-order valence-electron chi connectivity index (χ3n) is 3.51. The standard InChI is InChI=1S/C16H28O4/c1-2-14(16(19)20)12-10-8-6-4-3-5-7-9-11-13-15(17)18/h2,14H,1,3-13H2,(H,17,18)(H,19,20). The minimum atomic E-state index is -0.777. The van der Waals surface area contributed by atoms with Crippen LogP contribution < -0.4 is 0 Å². The predicted octanol–water partition coefficient (Wildman–Crippen LogP) is 4.25. The van der Waals surface area contributed by atoms with E-state index in [0.717, 1.165) is 38.5 Å². The number of aliphatic carboxylic acids is 2. The van der Waals surface area contributed by atoms with Crippen molar-refractivity contribution in [3.05, 3.63) is 12.7 Å². The Morgan fingerprint density at radius 3 is 1.70 bits per heavy atom. The van der Waals surface area contributed by atoms with Crippen molar-refractivity contribution in [3.8, 4) is 0 Å². The fraction of sp³-hybridized carbons (Fsp3) is 0.750. The molecule has 1 unspecified atom stereocenters. The van der Waals surface area contributed by atoms with Gasteiger partial charge in [0.1, 0.15) is 0 Å². The highest BCUT2D eigenvalue weighted by molar-refractivity contribution is 5.71. The Hall–Kier alpha value is -1.32. The molecule has 20 heavy (non-hydrogen) atoms.